The van der Waals surface area contributed by atoms with E-state index in [4.69, 9.17) is 24.7 Å². The number of para-hydroxylation sites is 2. The van der Waals surface area contributed by atoms with Gasteiger partial charge in [0.15, 0.2) is 23.9 Å². The van der Waals surface area contributed by atoms with Gasteiger partial charge in [-0.15, -0.1) is 0 Å². The molecule has 0 amide bonds. The first-order valence-electron chi connectivity index (χ1n) is 9.55. The lowest BCUT2D eigenvalue weighted by Gasteiger charge is -2.18. The fourth-order valence-corrected chi connectivity index (χ4v) is 2.99. The molecule has 2 heterocycles. The molecule has 1 aliphatic heterocycles. The summed E-state index contributed by atoms with van der Waals surface area (Å²) in [7, 11) is 1.56. The number of ether oxygens (including phenoxy) is 4. The van der Waals surface area contributed by atoms with Gasteiger partial charge in [0, 0.05) is 0 Å². The Balaban J connectivity index is 1.38. The lowest BCUT2D eigenvalue weighted by Crippen LogP contribution is -2.16. The molecule has 0 fully saturated rings. The van der Waals surface area contributed by atoms with Gasteiger partial charge in [0.2, 0.25) is 11.9 Å². The number of hydrogen-bond donors (Lipinski definition) is 2. The van der Waals surface area contributed by atoms with Crippen molar-refractivity contribution in [1.82, 2.24) is 15.0 Å². The van der Waals surface area contributed by atoms with E-state index in [9.17, 15) is 4.79 Å². The number of methoxy groups -OCH3 is 1. The summed E-state index contributed by atoms with van der Waals surface area (Å²) in [5.74, 6) is 1.91. The Kier molecular flexibility index (Phi) is 5.97. The number of esters is 1. The molecule has 1 aliphatic rings. The molecule has 4 rings (SSSR count). The first kappa shape index (κ1) is 20.2. The maximum Gasteiger partial charge on any atom is 0.310 e. The minimum Gasteiger partial charge on any atom is -0.495 e. The Morgan fingerprint density at radius 2 is 1.90 bits per heavy atom. The molecule has 0 aliphatic carbocycles. The number of benzene rings is 2. The van der Waals surface area contributed by atoms with Crippen LogP contribution in [0.1, 0.15) is 11.4 Å². The number of anilines is 3. The molecule has 2 aromatic carbocycles. The first-order chi connectivity index (χ1) is 15.1. The van der Waals surface area contributed by atoms with Gasteiger partial charge in [-0.25, -0.2) is 0 Å². The number of fused-ring (bicyclic) bond motifs is 1. The van der Waals surface area contributed by atoms with Crippen molar-refractivity contribution in [1.29, 1.82) is 0 Å². The summed E-state index contributed by atoms with van der Waals surface area (Å²) < 4.78 is 21.6. The van der Waals surface area contributed by atoms with E-state index in [0.717, 1.165) is 5.56 Å². The highest BCUT2D eigenvalue weighted by molar-refractivity contribution is 5.73. The van der Waals surface area contributed by atoms with Crippen molar-refractivity contribution >= 4 is 23.6 Å². The van der Waals surface area contributed by atoms with Crippen LogP contribution in [0.3, 0.4) is 0 Å². The smallest absolute Gasteiger partial charge is 0.310 e. The number of carbonyl (C=O) groups excluding carboxylic acids is 1. The number of carbonyl (C=O) groups is 1. The van der Waals surface area contributed by atoms with E-state index in [1.54, 1.807) is 31.4 Å². The molecule has 10 heteroatoms. The second-order valence-corrected chi connectivity index (χ2v) is 6.57. The summed E-state index contributed by atoms with van der Waals surface area (Å²) in [4.78, 5) is 24.6. The highest BCUT2D eigenvalue weighted by Crippen LogP contribution is 2.31. The molecule has 0 saturated carbocycles. The SMILES string of the molecule is COc1ccccc1Nc1nc(N)nc(COC(=O)Cc2ccc3c(c2)OCCO3)n1. The molecule has 0 spiro atoms. The predicted molar refractivity (Wildman–Crippen MR) is 111 cm³/mol. The number of rotatable bonds is 7. The number of hydrogen-bond acceptors (Lipinski definition) is 10. The number of nitrogens with one attached hydrogen (secondary N) is 1. The van der Waals surface area contributed by atoms with E-state index in [1.165, 1.54) is 0 Å². The van der Waals surface area contributed by atoms with Gasteiger partial charge in [-0.05, 0) is 29.8 Å². The lowest BCUT2D eigenvalue weighted by molar-refractivity contribution is -0.144. The molecular formula is C21H21N5O5. The second kappa shape index (κ2) is 9.16. The highest BCUT2D eigenvalue weighted by atomic mass is 16.6. The summed E-state index contributed by atoms with van der Waals surface area (Å²) >= 11 is 0. The molecule has 0 saturated heterocycles. The van der Waals surface area contributed by atoms with Crippen molar-refractivity contribution in [3.63, 3.8) is 0 Å². The van der Waals surface area contributed by atoms with Crippen LogP contribution in [-0.4, -0.2) is 41.2 Å². The molecule has 31 heavy (non-hydrogen) atoms. The van der Waals surface area contributed by atoms with Gasteiger partial charge in [-0.2, -0.15) is 15.0 Å². The molecule has 160 valence electrons. The van der Waals surface area contributed by atoms with Crippen molar-refractivity contribution in [2.75, 3.05) is 31.4 Å². The quantitative estimate of drug-likeness (QED) is 0.546. The molecule has 1 aromatic heterocycles. The predicted octanol–water partition coefficient (Wildman–Crippen LogP) is 2.26. The van der Waals surface area contributed by atoms with E-state index in [0.29, 0.717) is 36.1 Å². The Labute approximate surface area is 178 Å². The van der Waals surface area contributed by atoms with Crippen LogP contribution in [0.2, 0.25) is 0 Å². The molecule has 0 radical (unpaired) electrons. The van der Waals surface area contributed by atoms with Gasteiger partial charge >= 0.3 is 5.97 Å². The summed E-state index contributed by atoms with van der Waals surface area (Å²) in [6.45, 7) is 0.848. The zero-order chi connectivity index (χ0) is 21.6. The number of nitrogens with two attached hydrogens (primary N) is 1. The largest absolute Gasteiger partial charge is 0.495 e. The van der Waals surface area contributed by atoms with Gasteiger partial charge in [0.05, 0.1) is 19.2 Å². The zero-order valence-corrected chi connectivity index (χ0v) is 16.8. The van der Waals surface area contributed by atoms with Crippen molar-refractivity contribution in [2.24, 2.45) is 0 Å². The summed E-state index contributed by atoms with van der Waals surface area (Å²) in [5, 5.41) is 3.03. The van der Waals surface area contributed by atoms with Crippen molar-refractivity contribution < 1.29 is 23.7 Å². The molecular weight excluding hydrogens is 402 g/mol. The van der Waals surface area contributed by atoms with E-state index >= 15 is 0 Å². The maximum absolute atomic E-state index is 12.3. The van der Waals surface area contributed by atoms with Crippen LogP contribution < -0.4 is 25.3 Å². The van der Waals surface area contributed by atoms with Crippen LogP contribution in [0.15, 0.2) is 42.5 Å². The average molecular weight is 423 g/mol. The Hall–Kier alpha value is -4.08. The number of nitrogen functional groups attached to an aromatic ring is 1. The minimum absolute atomic E-state index is 0.00489. The second-order valence-electron chi connectivity index (χ2n) is 6.57. The van der Waals surface area contributed by atoms with Gasteiger partial charge in [0.25, 0.3) is 0 Å². The summed E-state index contributed by atoms with van der Waals surface area (Å²) in [5.41, 5.74) is 7.20. The summed E-state index contributed by atoms with van der Waals surface area (Å²) in [6, 6.07) is 12.6. The third kappa shape index (κ3) is 5.10. The Morgan fingerprint density at radius 3 is 2.74 bits per heavy atom. The Morgan fingerprint density at radius 1 is 1.10 bits per heavy atom. The molecule has 3 N–H and O–H groups in total. The van der Waals surface area contributed by atoms with Crippen LogP contribution in [0.4, 0.5) is 17.6 Å². The lowest BCUT2D eigenvalue weighted by atomic mass is 10.1. The Bertz CT molecular complexity index is 1090. The van der Waals surface area contributed by atoms with Gasteiger partial charge in [0.1, 0.15) is 19.0 Å². The van der Waals surface area contributed by atoms with Crippen LogP contribution >= 0.6 is 0 Å². The first-order valence-corrected chi connectivity index (χ1v) is 9.55. The summed E-state index contributed by atoms with van der Waals surface area (Å²) in [6.07, 6.45) is 0.0729. The molecule has 0 atom stereocenters. The van der Waals surface area contributed by atoms with Crippen molar-refractivity contribution in [2.45, 2.75) is 13.0 Å². The van der Waals surface area contributed by atoms with Crippen LogP contribution in [0.25, 0.3) is 0 Å². The van der Waals surface area contributed by atoms with E-state index in [1.807, 2.05) is 18.2 Å². The third-order valence-electron chi connectivity index (χ3n) is 4.37. The third-order valence-corrected chi connectivity index (χ3v) is 4.37. The normalized spacial score (nSPS) is 12.2. The molecule has 3 aromatic rings. The highest BCUT2D eigenvalue weighted by Gasteiger charge is 2.15. The molecule has 0 unspecified atom stereocenters. The zero-order valence-electron chi connectivity index (χ0n) is 16.8. The molecule has 0 bridgehead atoms. The average Bonchev–Trinajstić information content (AvgIpc) is 2.78. The van der Waals surface area contributed by atoms with Gasteiger partial charge in [-0.1, -0.05) is 18.2 Å². The number of aromatic nitrogens is 3. The van der Waals surface area contributed by atoms with Gasteiger partial charge < -0.3 is 30.0 Å². The standard InChI is InChI=1S/C21H21N5O5/c1-28-15-5-3-2-4-14(15)23-21-25-18(24-20(22)26-21)12-31-19(27)11-13-6-7-16-17(10-13)30-9-8-29-16/h2-7,10H,8-9,11-12H2,1H3,(H3,22,23,24,25,26). The maximum atomic E-state index is 12.3. The topological polar surface area (TPSA) is 131 Å². The van der Waals surface area contributed by atoms with Crippen LogP contribution in [0.5, 0.6) is 17.2 Å². The molecule has 10 nitrogen and oxygen atoms in total. The van der Waals surface area contributed by atoms with Crippen LogP contribution in [0, 0.1) is 0 Å². The van der Waals surface area contributed by atoms with E-state index in [-0.39, 0.29) is 30.7 Å². The number of nitrogens with zero attached hydrogens (tertiary/aromatic N) is 3. The van der Waals surface area contributed by atoms with Crippen LogP contribution in [-0.2, 0) is 22.6 Å². The minimum atomic E-state index is -0.435. The van der Waals surface area contributed by atoms with Gasteiger partial charge in [-0.3, -0.25) is 4.79 Å². The van der Waals surface area contributed by atoms with Crippen molar-refractivity contribution in [3.8, 4) is 17.2 Å². The van der Waals surface area contributed by atoms with Crippen molar-refractivity contribution in [3.05, 3.63) is 53.9 Å². The fourth-order valence-electron chi connectivity index (χ4n) is 2.99. The monoisotopic (exact) mass is 423 g/mol. The van der Waals surface area contributed by atoms with E-state index in [2.05, 4.69) is 20.3 Å². The van der Waals surface area contributed by atoms with E-state index < -0.39 is 5.97 Å². The fraction of sp³-hybridized carbons (Fsp3) is 0.238.